The average molecular weight is 304 g/mol. The van der Waals surface area contributed by atoms with E-state index in [1.54, 1.807) is 0 Å². The third-order valence-corrected chi connectivity index (χ3v) is 4.72. The Morgan fingerprint density at radius 2 is 2.33 bits per heavy atom. The molecule has 3 rings (SSSR count). The number of anilines is 1. The number of fused-ring (bicyclic) bond motifs is 1. The van der Waals surface area contributed by atoms with E-state index in [4.69, 9.17) is 0 Å². The van der Waals surface area contributed by atoms with Crippen LogP contribution in [-0.2, 0) is 4.79 Å². The molecule has 21 heavy (non-hydrogen) atoms. The van der Waals surface area contributed by atoms with Crippen LogP contribution in [0.2, 0.25) is 0 Å². The Hall–Kier alpha value is -1.50. The van der Waals surface area contributed by atoms with E-state index in [0.29, 0.717) is 17.6 Å². The van der Waals surface area contributed by atoms with Crippen LogP contribution in [-0.4, -0.2) is 49.0 Å². The van der Waals surface area contributed by atoms with Crippen LogP contribution in [0.1, 0.15) is 6.42 Å². The van der Waals surface area contributed by atoms with Crippen molar-refractivity contribution in [1.82, 2.24) is 15.2 Å². The second kappa shape index (κ2) is 6.51. The number of likely N-dealkylation sites (tertiary alicyclic amines) is 1. The van der Waals surface area contributed by atoms with E-state index in [1.165, 1.54) is 11.3 Å². The van der Waals surface area contributed by atoms with Crippen LogP contribution in [0.4, 0.5) is 5.13 Å². The molecular weight excluding hydrogens is 284 g/mol. The van der Waals surface area contributed by atoms with Crippen LogP contribution in [0, 0.1) is 5.92 Å². The first kappa shape index (κ1) is 14.4. The number of benzene rings is 1. The summed E-state index contributed by atoms with van der Waals surface area (Å²) in [5, 5.41) is 6.81. The standard InChI is InChI=1S/C15H20N4OS/c1-16-8-11-6-7-19(9-11)10-14(20)18-15-17-12-4-2-3-5-13(12)21-15/h2-5,11,16H,6-10H2,1H3,(H,17,18,20). The largest absolute Gasteiger partial charge is 0.319 e. The van der Waals surface area contributed by atoms with Gasteiger partial charge in [-0.15, -0.1) is 0 Å². The van der Waals surface area contributed by atoms with Crippen molar-refractivity contribution >= 4 is 32.6 Å². The predicted octanol–water partition coefficient (Wildman–Crippen LogP) is 1.78. The number of nitrogens with zero attached hydrogens (tertiary/aromatic N) is 2. The van der Waals surface area contributed by atoms with Gasteiger partial charge in [-0.2, -0.15) is 0 Å². The van der Waals surface area contributed by atoms with Gasteiger partial charge in [-0.25, -0.2) is 4.98 Å². The van der Waals surface area contributed by atoms with Crippen LogP contribution in [0.3, 0.4) is 0 Å². The van der Waals surface area contributed by atoms with Gasteiger partial charge >= 0.3 is 0 Å². The number of hydrogen-bond acceptors (Lipinski definition) is 5. The van der Waals surface area contributed by atoms with E-state index in [0.717, 1.165) is 36.3 Å². The molecule has 0 aliphatic carbocycles. The summed E-state index contributed by atoms with van der Waals surface area (Å²) in [7, 11) is 1.97. The number of nitrogens with one attached hydrogen (secondary N) is 2. The number of aromatic nitrogens is 1. The highest BCUT2D eigenvalue weighted by molar-refractivity contribution is 7.22. The SMILES string of the molecule is CNCC1CCN(CC(=O)Nc2nc3ccccc3s2)C1. The molecular formula is C15H20N4OS. The van der Waals surface area contributed by atoms with Crippen LogP contribution in [0.5, 0.6) is 0 Å². The Kier molecular flexibility index (Phi) is 4.48. The van der Waals surface area contributed by atoms with E-state index >= 15 is 0 Å². The van der Waals surface area contributed by atoms with E-state index < -0.39 is 0 Å². The van der Waals surface area contributed by atoms with Gasteiger partial charge in [-0.1, -0.05) is 23.5 Å². The average Bonchev–Trinajstić information content (AvgIpc) is 3.05. The predicted molar refractivity (Wildman–Crippen MR) is 86.7 cm³/mol. The Labute approximate surface area is 128 Å². The molecule has 1 unspecified atom stereocenters. The topological polar surface area (TPSA) is 57.3 Å². The molecule has 0 spiro atoms. The van der Waals surface area contributed by atoms with Crippen molar-refractivity contribution < 1.29 is 4.79 Å². The van der Waals surface area contributed by atoms with Crippen molar-refractivity contribution in [1.29, 1.82) is 0 Å². The molecule has 1 aromatic heterocycles. The van der Waals surface area contributed by atoms with Crippen molar-refractivity contribution in [2.75, 3.05) is 38.5 Å². The summed E-state index contributed by atoms with van der Waals surface area (Å²) in [6.45, 7) is 3.47. The van der Waals surface area contributed by atoms with Gasteiger partial charge < -0.3 is 10.6 Å². The van der Waals surface area contributed by atoms with Gasteiger partial charge in [-0.3, -0.25) is 9.69 Å². The van der Waals surface area contributed by atoms with Crippen molar-refractivity contribution in [2.45, 2.75) is 6.42 Å². The van der Waals surface area contributed by atoms with Gasteiger partial charge in [0.2, 0.25) is 5.91 Å². The minimum absolute atomic E-state index is 0.0270. The van der Waals surface area contributed by atoms with Crippen molar-refractivity contribution in [3.8, 4) is 0 Å². The monoisotopic (exact) mass is 304 g/mol. The van der Waals surface area contributed by atoms with Crippen molar-refractivity contribution in [3.05, 3.63) is 24.3 Å². The second-order valence-corrected chi connectivity index (χ2v) is 6.51. The maximum atomic E-state index is 12.1. The highest BCUT2D eigenvalue weighted by atomic mass is 32.1. The highest BCUT2D eigenvalue weighted by Crippen LogP contribution is 2.25. The molecule has 0 saturated carbocycles. The summed E-state index contributed by atoms with van der Waals surface area (Å²) >= 11 is 1.52. The van der Waals surface area contributed by atoms with Crippen molar-refractivity contribution in [2.24, 2.45) is 5.92 Å². The van der Waals surface area contributed by atoms with Gasteiger partial charge in [0.05, 0.1) is 16.8 Å². The molecule has 2 N–H and O–H groups in total. The Balaban J connectivity index is 1.54. The third-order valence-electron chi connectivity index (χ3n) is 3.77. The minimum atomic E-state index is 0.0270. The van der Waals surface area contributed by atoms with Gasteiger partial charge in [0, 0.05) is 6.54 Å². The Bertz CT molecular complexity index is 594. The van der Waals surface area contributed by atoms with Crippen LogP contribution in [0.15, 0.2) is 24.3 Å². The fourth-order valence-electron chi connectivity index (χ4n) is 2.80. The maximum Gasteiger partial charge on any atom is 0.240 e. The number of para-hydroxylation sites is 1. The normalized spacial score (nSPS) is 19.2. The van der Waals surface area contributed by atoms with Gasteiger partial charge in [0.15, 0.2) is 5.13 Å². The highest BCUT2D eigenvalue weighted by Gasteiger charge is 2.23. The van der Waals surface area contributed by atoms with E-state index in [-0.39, 0.29) is 5.91 Å². The number of amides is 1. The molecule has 6 heteroatoms. The number of hydrogen-bond donors (Lipinski definition) is 2. The van der Waals surface area contributed by atoms with Gasteiger partial charge in [-0.05, 0) is 44.6 Å². The lowest BCUT2D eigenvalue weighted by molar-refractivity contribution is -0.117. The molecule has 1 amide bonds. The molecule has 2 aromatic rings. The summed E-state index contributed by atoms with van der Waals surface area (Å²) in [6.07, 6.45) is 1.16. The molecule has 1 aliphatic heterocycles. The molecule has 1 aromatic carbocycles. The number of carbonyl (C=O) groups is 1. The van der Waals surface area contributed by atoms with Crippen LogP contribution in [0.25, 0.3) is 10.2 Å². The molecule has 0 radical (unpaired) electrons. The van der Waals surface area contributed by atoms with E-state index in [2.05, 4.69) is 20.5 Å². The summed E-state index contributed by atoms with van der Waals surface area (Å²) in [6, 6.07) is 7.92. The minimum Gasteiger partial charge on any atom is -0.319 e. The molecule has 0 bridgehead atoms. The summed E-state index contributed by atoms with van der Waals surface area (Å²) in [5.74, 6) is 0.685. The summed E-state index contributed by atoms with van der Waals surface area (Å²) in [5.41, 5.74) is 0.938. The van der Waals surface area contributed by atoms with Gasteiger partial charge in [0.25, 0.3) is 0 Å². The van der Waals surface area contributed by atoms with E-state index in [1.807, 2.05) is 31.3 Å². The lowest BCUT2D eigenvalue weighted by Crippen LogP contribution is -2.32. The van der Waals surface area contributed by atoms with E-state index in [9.17, 15) is 4.79 Å². The summed E-state index contributed by atoms with van der Waals surface area (Å²) < 4.78 is 1.10. The third kappa shape index (κ3) is 3.58. The lowest BCUT2D eigenvalue weighted by Gasteiger charge is -2.14. The second-order valence-electron chi connectivity index (χ2n) is 5.48. The molecule has 5 nitrogen and oxygen atoms in total. The quantitative estimate of drug-likeness (QED) is 0.884. The molecule has 1 fully saturated rings. The summed E-state index contributed by atoms with van der Waals surface area (Å²) in [4.78, 5) is 18.8. The molecule has 1 aliphatic rings. The first-order valence-electron chi connectivity index (χ1n) is 7.27. The fraction of sp³-hybridized carbons (Fsp3) is 0.467. The van der Waals surface area contributed by atoms with Crippen LogP contribution >= 0.6 is 11.3 Å². The first-order valence-corrected chi connectivity index (χ1v) is 8.08. The van der Waals surface area contributed by atoms with Crippen LogP contribution < -0.4 is 10.6 Å². The Morgan fingerprint density at radius 1 is 1.48 bits per heavy atom. The van der Waals surface area contributed by atoms with Crippen molar-refractivity contribution in [3.63, 3.8) is 0 Å². The first-order chi connectivity index (χ1) is 10.2. The van der Waals surface area contributed by atoms with Gasteiger partial charge in [0.1, 0.15) is 0 Å². The maximum absolute atomic E-state index is 12.1. The number of rotatable bonds is 5. The zero-order valence-electron chi connectivity index (χ0n) is 12.1. The molecule has 2 heterocycles. The smallest absolute Gasteiger partial charge is 0.240 e. The lowest BCUT2D eigenvalue weighted by atomic mass is 10.1. The zero-order chi connectivity index (χ0) is 14.7. The zero-order valence-corrected chi connectivity index (χ0v) is 12.9. The Morgan fingerprint density at radius 3 is 3.14 bits per heavy atom. The molecule has 112 valence electrons. The number of carbonyl (C=O) groups excluding carboxylic acids is 1. The molecule has 1 saturated heterocycles. The number of thiazole rings is 1. The fourth-order valence-corrected chi connectivity index (χ4v) is 3.68. The molecule has 1 atom stereocenters.